The van der Waals surface area contributed by atoms with Crippen LogP contribution < -0.4 is 5.32 Å². The van der Waals surface area contributed by atoms with Crippen LogP contribution in [0.4, 0.5) is 0 Å². The van der Waals surface area contributed by atoms with Crippen LogP contribution in [0.5, 0.6) is 0 Å². The quantitative estimate of drug-likeness (QED) is 0.472. The summed E-state index contributed by atoms with van der Waals surface area (Å²) in [5.74, 6) is -0.274. The lowest BCUT2D eigenvalue weighted by Gasteiger charge is -2.45. The standard InChI is InChI=1S/C17H15Cl2N5O/c18-11-4-5-13(14(19)7-11)16(25)22-10-17(8-12(9-17)23-24-20)15-3-1-2-6-21-15/h1-7,12H,8-10H2,(H,22,25). The van der Waals surface area contributed by atoms with Gasteiger partial charge in [0.15, 0.2) is 0 Å². The van der Waals surface area contributed by atoms with E-state index in [1.54, 1.807) is 18.3 Å². The highest BCUT2D eigenvalue weighted by Crippen LogP contribution is 2.44. The Balaban J connectivity index is 1.76. The molecule has 2 aromatic rings. The molecule has 1 fully saturated rings. The van der Waals surface area contributed by atoms with E-state index in [-0.39, 0.29) is 17.4 Å². The van der Waals surface area contributed by atoms with Gasteiger partial charge in [0.25, 0.3) is 5.91 Å². The van der Waals surface area contributed by atoms with Crippen LogP contribution in [-0.2, 0) is 5.41 Å². The van der Waals surface area contributed by atoms with Crippen molar-refractivity contribution >= 4 is 29.1 Å². The average Bonchev–Trinajstić information content (AvgIpc) is 2.57. The first kappa shape index (κ1) is 17.5. The van der Waals surface area contributed by atoms with E-state index in [9.17, 15) is 4.79 Å². The molecule has 1 aromatic heterocycles. The number of aromatic nitrogens is 1. The number of hydrogen-bond donors (Lipinski definition) is 1. The van der Waals surface area contributed by atoms with Crippen LogP contribution in [0.3, 0.4) is 0 Å². The zero-order chi connectivity index (χ0) is 17.9. The van der Waals surface area contributed by atoms with Crippen LogP contribution in [0.15, 0.2) is 47.7 Å². The van der Waals surface area contributed by atoms with Gasteiger partial charge in [-0.05, 0) is 48.7 Å². The Morgan fingerprint density at radius 1 is 1.36 bits per heavy atom. The summed E-state index contributed by atoms with van der Waals surface area (Å²) in [5, 5.41) is 7.46. The highest BCUT2D eigenvalue weighted by atomic mass is 35.5. The fraction of sp³-hybridized carbons (Fsp3) is 0.294. The third-order valence-electron chi connectivity index (χ3n) is 4.44. The summed E-state index contributed by atoms with van der Waals surface area (Å²) in [6.07, 6.45) is 3.00. The highest BCUT2D eigenvalue weighted by Gasteiger charge is 2.46. The van der Waals surface area contributed by atoms with Crippen molar-refractivity contribution in [2.75, 3.05) is 6.54 Å². The number of hydrogen-bond acceptors (Lipinski definition) is 3. The molecule has 6 nitrogen and oxygen atoms in total. The first-order chi connectivity index (χ1) is 12.0. The second kappa shape index (κ2) is 7.31. The van der Waals surface area contributed by atoms with Gasteiger partial charge in [-0.2, -0.15) is 0 Å². The van der Waals surface area contributed by atoms with E-state index >= 15 is 0 Å². The molecular weight excluding hydrogens is 361 g/mol. The number of nitrogens with one attached hydrogen (secondary N) is 1. The maximum Gasteiger partial charge on any atom is 0.252 e. The van der Waals surface area contributed by atoms with E-state index in [4.69, 9.17) is 28.7 Å². The van der Waals surface area contributed by atoms with E-state index in [0.717, 1.165) is 5.69 Å². The van der Waals surface area contributed by atoms with Gasteiger partial charge in [0.2, 0.25) is 0 Å². The first-order valence-electron chi connectivity index (χ1n) is 7.73. The second-order valence-corrected chi connectivity index (χ2v) is 6.91. The minimum atomic E-state index is -0.339. The molecule has 25 heavy (non-hydrogen) atoms. The number of halogens is 2. The molecule has 1 N–H and O–H groups in total. The van der Waals surface area contributed by atoms with Crippen molar-refractivity contribution in [1.82, 2.24) is 10.3 Å². The highest BCUT2D eigenvalue weighted by molar-refractivity contribution is 6.36. The topological polar surface area (TPSA) is 90.8 Å². The van der Waals surface area contributed by atoms with Crippen molar-refractivity contribution in [3.8, 4) is 0 Å². The molecule has 1 aromatic carbocycles. The summed E-state index contributed by atoms with van der Waals surface area (Å²) in [6.45, 7) is 0.388. The molecule has 0 aliphatic heterocycles. The van der Waals surface area contributed by atoms with Crippen LogP contribution in [0.1, 0.15) is 28.9 Å². The van der Waals surface area contributed by atoms with Gasteiger partial charge in [-0.25, -0.2) is 0 Å². The molecule has 1 aliphatic rings. The van der Waals surface area contributed by atoms with Gasteiger partial charge >= 0.3 is 0 Å². The number of benzene rings is 1. The Labute approximate surface area is 154 Å². The Bertz CT molecular complexity index is 830. The van der Waals surface area contributed by atoms with Gasteiger partial charge in [0, 0.05) is 39.8 Å². The fourth-order valence-electron chi connectivity index (χ4n) is 3.14. The van der Waals surface area contributed by atoms with E-state index in [0.29, 0.717) is 35.0 Å². The molecule has 3 rings (SSSR count). The van der Waals surface area contributed by atoms with Gasteiger partial charge in [-0.15, -0.1) is 0 Å². The number of azide groups is 1. The number of pyridine rings is 1. The molecule has 1 amide bonds. The summed E-state index contributed by atoms with van der Waals surface area (Å²) >= 11 is 12.0. The lowest BCUT2D eigenvalue weighted by Crippen LogP contribution is -2.52. The van der Waals surface area contributed by atoms with Crippen LogP contribution in [0.25, 0.3) is 10.4 Å². The Hall–Kier alpha value is -2.27. The zero-order valence-corrected chi connectivity index (χ0v) is 14.7. The van der Waals surface area contributed by atoms with Crippen molar-refractivity contribution in [2.24, 2.45) is 5.11 Å². The molecule has 1 heterocycles. The summed E-state index contributed by atoms with van der Waals surface area (Å²) in [4.78, 5) is 19.7. The lowest BCUT2D eigenvalue weighted by molar-refractivity contribution is 0.0918. The molecule has 0 spiro atoms. The van der Waals surface area contributed by atoms with Crippen molar-refractivity contribution in [2.45, 2.75) is 24.3 Å². The summed E-state index contributed by atoms with van der Waals surface area (Å²) in [5.41, 5.74) is 9.52. The Morgan fingerprint density at radius 3 is 2.80 bits per heavy atom. The molecule has 128 valence electrons. The van der Waals surface area contributed by atoms with Crippen LogP contribution in [0.2, 0.25) is 10.0 Å². The maximum absolute atomic E-state index is 12.5. The third kappa shape index (κ3) is 3.71. The van der Waals surface area contributed by atoms with Gasteiger partial charge < -0.3 is 5.32 Å². The van der Waals surface area contributed by atoms with Crippen molar-refractivity contribution in [3.63, 3.8) is 0 Å². The predicted molar refractivity (Wildman–Crippen MR) is 96.9 cm³/mol. The number of carbonyl (C=O) groups excluding carboxylic acids is 1. The maximum atomic E-state index is 12.5. The van der Waals surface area contributed by atoms with Crippen LogP contribution in [-0.4, -0.2) is 23.5 Å². The number of nitrogens with zero attached hydrogens (tertiary/aromatic N) is 4. The minimum Gasteiger partial charge on any atom is -0.351 e. The molecule has 0 radical (unpaired) electrons. The van der Waals surface area contributed by atoms with E-state index in [1.807, 2.05) is 18.2 Å². The normalized spacial score (nSPS) is 21.8. The summed E-state index contributed by atoms with van der Waals surface area (Å²) in [6, 6.07) is 10.3. The monoisotopic (exact) mass is 375 g/mol. The smallest absolute Gasteiger partial charge is 0.252 e. The molecule has 1 aliphatic carbocycles. The van der Waals surface area contributed by atoms with E-state index in [2.05, 4.69) is 20.3 Å². The lowest BCUT2D eigenvalue weighted by atomic mass is 9.63. The molecule has 0 saturated heterocycles. The minimum absolute atomic E-state index is 0.0805. The number of carbonyl (C=O) groups is 1. The molecule has 0 unspecified atom stereocenters. The summed E-state index contributed by atoms with van der Waals surface area (Å²) < 4.78 is 0. The van der Waals surface area contributed by atoms with E-state index < -0.39 is 0 Å². The van der Waals surface area contributed by atoms with Gasteiger partial charge in [0.1, 0.15) is 0 Å². The van der Waals surface area contributed by atoms with Crippen molar-refractivity contribution in [3.05, 3.63) is 74.3 Å². The summed E-state index contributed by atoms with van der Waals surface area (Å²) in [7, 11) is 0. The van der Waals surface area contributed by atoms with Crippen LogP contribution >= 0.6 is 23.2 Å². The molecule has 8 heteroatoms. The number of amides is 1. The first-order valence-corrected chi connectivity index (χ1v) is 8.49. The van der Waals surface area contributed by atoms with Crippen molar-refractivity contribution < 1.29 is 4.79 Å². The predicted octanol–water partition coefficient (Wildman–Crippen LogP) is 4.53. The third-order valence-corrected chi connectivity index (χ3v) is 4.99. The average molecular weight is 376 g/mol. The Kier molecular flexibility index (Phi) is 5.13. The second-order valence-electron chi connectivity index (χ2n) is 6.07. The fourth-order valence-corrected chi connectivity index (χ4v) is 3.63. The molecular formula is C17H15Cl2N5O. The van der Waals surface area contributed by atoms with Crippen molar-refractivity contribution in [1.29, 1.82) is 0 Å². The molecule has 1 saturated carbocycles. The van der Waals surface area contributed by atoms with Crippen LogP contribution in [0, 0.1) is 0 Å². The van der Waals surface area contributed by atoms with Gasteiger partial charge in [-0.3, -0.25) is 9.78 Å². The molecule has 0 bridgehead atoms. The molecule has 0 atom stereocenters. The number of rotatable bonds is 5. The SMILES string of the molecule is [N-]=[N+]=NC1CC(CNC(=O)c2ccc(Cl)cc2Cl)(c2ccccn2)C1. The van der Waals surface area contributed by atoms with Gasteiger partial charge in [-0.1, -0.05) is 34.4 Å². The zero-order valence-electron chi connectivity index (χ0n) is 13.2. The van der Waals surface area contributed by atoms with Gasteiger partial charge in [0.05, 0.1) is 10.6 Å². The van der Waals surface area contributed by atoms with E-state index in [1.165, 1.54) is 6.07 Å². The Morgan fingerprint density at radius 2 is 2.16 bits per heavy atom. The largest absolute Gasteiger partial charge is 0.351 e.